The zero-order valence-electron chi connectivity index (χ0n) is 17.8. The molecule has 0 aliphatic carbocycles. The van der Waals surface area contributed by atoms with Crippen LogP contribution in [-0.4, -0.2) is 58.8 Å². The highest BCUT2D eigenvalue weighted by Crippen LogP contribution is 2.10. The van der Waals surface area contributed by atoms with Gasteiger partial charge in [0.15, 0.2) is 0 Å². The fourth-order valence-corrected chi connectivity index (χ4v) is 2.96. The van der Waals surface area contributed by atoms with Crippen LogP contribution in [0.4, 0.5) is 0 Å². The summed E-state index contributed by atoms with van der Waals surface area (Å²) in [5.74, 6) is 0.416. The summed E-state index contributed by atoms with van der Waals surface area (Å²) in [4.78, 5) is 0. The van der Waals surface area contributed by atoms with E-state index in [0.29, 0.717) is 19.1 Å². The van der Waals surface area contributed by atoms with Crippen LogP contribution >= 0.6 is 0 Å². The van der Waals surface area contributed by atoms with E-state index in [2.05, 4.69) is 43.4 Å². The molecular weight excluding hydrogens is 342 g/mol. The van der Waals surface area contributed by atoms with Crippen LogP contribution in [0.2, 0.25) is 0 Å². The molecule has 0 spiro atoms. The molecule has 0 radical (unpaired) electrons. The lowest BCUT2D eigenvalue weighted by atomic mass is 10.1. The van der Waals surface area contributed by atoms with Crippen LogP contribution in [-0.2, 0) is 32.0 Å². The second-order valence-electron chi connectivity index (χ2n) is 7.10. The Balaban J connectivity index is 2.38. The molecule has 1 N–H and O–H groups in total. The van der Waals surface area contributed by atoms with Crippen molar-refractivity contribution in [2.24, 2.45) is 5.92 Å². The Bertz CT molecular complexity index is 466. The summed E-state index contributed by atoms with van der Waals surface area (Å²) in [6.07, 6.45) is 1.29. The number of hydrogen-bond donors (Lipinski definition) is 1. The van der Waals surface area contributed by atoms with Gasteiger partial charge in [0.05, 0.1) is 32.0 Å². The largest absolute Gasteiger partial charge is 0.384 e. The molecule has 3 atom stereocenters. The monoisotopic (exact) mass is 381 g/mol. The van der Waals surface area contributed by atoms with Gasteiger partial charge in [-0.15, -0.1) is 0 Å². The van der Waals surface area contributed by atoms with E-state index in [4.69, 9.17) is 18.9 Å². The lowest BCUT2D eigenvalue weighted by Gasteiger charge is -2.20. The summed E-state index contributed by atoms with van der Waals surface area (Å²) in [6, 6.07) is 8.63. The van der Waals surface area contributed by atoms with Gasteiger partial charge in [0.25, 0.3) is 0 Å². The summed E-state index contributed by atoms with van der Waals surface area (Å²) in [7, 11) is 1.72. The molecule has 0 aliphatic heterocycles. The summed E-state index contributed by atoms with van der Waals surface area (Å²) in [6.45, 7) is 13.5. The van der Waals surface area contributed by atoms with Crippen LogP contribution in [0.15, 0.2) is 24.3 Å². The van der Waals surface area contributed by atoms with Crippen LogP contribution in [0.25, 0.3) is 0 Å². The molecule has 1 unspecified atom stereocenters. The molecular formula is C22H39NO4. The molecule has 0 bridgehead atoms. The molecule has 0 aliphatic rings. The number of methoxy groups -OCH3 is 1. The number of benzene rings is 1. The maximum absolute atomic E-state index is 5.89. The van der Waals surface area contributed by atoms with Crippen LogP contribution < -0.4 is 5.32 Å². The minimum Gasteiger partial charge on any atom is -0.384 e. The Morgan fingerprint density at radius 3 is 2.19 bits per heavy atom. The Morgan fingerprint density at radius 2 is 1.56 bits per heavy atom. The molecule has 0 amide bonds. The molecule has 27 heavy (non-hydrogen) atoms. The highest BCUT2D eigenvalue weighted by atomic mass is 16.5. The van der Waals surface area contributed by atoms with Gasteiger partial charge in [0.2, 0.25) is 0 Å². The maximum atomic E-state index is 5.89. The zero-order valence-corrected chi connectivity index (χ0v) is 17.8. The Kier molecular flexibility index (Phi) is 13.4. The smallest absolute Gasteiger partial charge is 0.0739 e. The van der Waals surface area contributed by atoms with Gasteiger partial charge < -0.3 is 24.3 Å². The second-order valence-corrected chi connectivity index (χ2v) is 7.10. The fraction of sp³-hybridized carbons (Fsp3) is 0.727. The maximum Gasteiger partial charge on any atom is 0.0739 e. The van der Waals surface area contributed by atoms with E-state index in [0.717, 1.165) is 39.3 Å². The molecule has 1 aromatic carbocycles. The van der Waals surface area contributed by atoms with Gasteiger partial charge in [0, 0.05) is 39.3 Å². The average molecular weight is 382 g/mol. The first-order valence-corrected chi connectivity index (χ1v) is 10.2. The van der Waals surface area contributed by atoms with E-state index in [1.54, 1.807) is 7.11 Å². The van der Waals surface area contributed by atoms with Crippen molar-refractivity contribution < 1.29 is 18.9 Å². The van der Waals surface area contributed by atoms with Crippen LogP contribution in [0.3, 0.4) is 0 Å². The predicted molar refractivity (Wildman–Crippen MR) is 110 cm³/mol. The highest BCUT2D eigenvalue weighted by Gasteiger charge is 2.11. The van der Waals surface area contributed by atoms with Gasteiger partial charge >= 0.3 is 0 Å². The van der Waals surface area contributed by atoms with Gasteiger partial charge in [-0.1, -0.05) is 31.2 Å². The van der Waals surface area contributed by atoms with Crippen molar-refractivity contribution in [1.29, 1.82) is 0 Å². The Morgan fingerprint density at radius 1 is 0.889 bits per heavy atom. The van der Waals surface area contributed by atoms with Gasteiger partial charge in [-0.05, 0) is 38.3 Å². The van der Waals surface area contributed by atoms with E-state index >= 15 is 0 Å². The minimum atomic E-state index is 0.167. The average Bonchev–Trinajstić information content (AvgIpc) is 2.64. The molecule has 1 aromatic rings. The molecule has 0 heterocycles. The first-order chi connectivity index (χ1) is 13.1. The fourth-order valence-electron chi connectivity index (χ4n) is 2.96. The van der Waals surface area contributed by atoms with Crippen molar-refractivity contribution in [1.82, 2.24) is 5.32 Å². The second kappa shape index (κ2) is 15.0. The first kappa shape index (κ1) is 24.1. The minimum absolute atomic E-state index is 0.167. The molecule has 0 saturated carbocycles. The summed E-state index contributed by atoms with van der Waals surface area (Å²) in [5, 5.41) is 3.46. The topological polar surface area (TPSA) is 49.0 Å². The van der Waals surface area contributed by atoms with Crippen LogP contribution in [0.5, 0.6) is 0 Å². The van der Waals surface area contributed by atoms with Crippen LogP contribution in [0, 0.1) is 5.92 Å². The third kappa shape index (κ3) is 11.5. The number of rotatable bonds is 16. The van der Waals surface area contributed by atoms with Crippen molar-refractivity contribution >= 4 is 0 Å². The van der Waals surface area contributed by atoms with Crippen molar-refractivity contribution in [3.63, 3.8) is 0 Å². The molecule has 0 saturated heterocycles. The van der Waals surface area contributed by atoms with Crippen molar-refractivity contribution in [2.75, 3.05) is 46.6 Å². The van der Waals surface area contributed by atoms with Crippen molar-refractivity contribution in [3.8, 4) is 0 Å². The van der Waals surface area contributed by atoms with Crippen LogP contribution in [0.1, 0.15) is 38.8 Å². The van der Waals surface area contributed by atoms with Gasteiger partial charge in [-0.25, -0.2) is 0 Å². The molecule has 5 nitrogen and oxygen atoms in total. The first-order valence-electron chi connectivity index (χ1n) is 10.2. The lowest BCUT2D eigenvalue weighted by Crippen LogP contribution is -2.35. The predicted octanol–water partition coefficient (Wildman–Crippen LogP) is 3.45. The zero-order chi connectivity index (χ0) is 19.9. The Labute approximate surface area is 165 Å². The summed E-state index contributed by atoms with van der Waals surface area (Å²) < 4.78 is 22.3. The van der Waals surface area contributed by atoms with E-state index in [1.807, 2.05) is 13.8 Å². The highest BCUT2D eigenvalue weighted by molar-refractivity contribution is 5.22. The van der Waals surface area contributed by atoms with E-state index in [9.17, 15) is 0 Å². The van der Waals surface area contributed by atoms with E-state index in [1.165, 1.54) is 11.1 Å². The number of ether oxygens (including phenoxy) is 4. The van der Waals surface area contributed by atoms with Crippen molar-refractivity contribution in [2.45, 2.75) is 52.9 Å². The number of hydrogen-bond acceptors (Lipinski definition) is 5. The van der Waals surface area contributed by atoms with Gasteiger partial charge in [-0.3, -0.25) is 0 Å². The van der Waals surface area contributed by atoms with Gasteiger partial charge in [-0.2, -0.15) is 0 Å². The van der Waals surface area contributed by atoms with E-state index < -0.39 is 0 Å². The summed E-state index contributed by atoms with van der Waals surface area (Å²) >= 11 is 0. The molecule has 5 heteroatoms. The third-order valence-electron chi connectivity index (χ3n) is 4.27. The SMILES string of the molecule is CCO[C@H](CNC[C@@H](C)OCC)Cc1ccc(COCC(C)COC)cc1. The molecule has 1 rings (SSSR count). The quantitative estimate of drug-likeness (QED) is 0.475. The number of nitrogens with one attached hydrogen (secondary N) is 1. The molecule has 0 aromatic heterocycles. The third-order valence-corrected chi connectivity index (χ3v) is 4.27. The molecule has 156 valence electrons. The van der Waals surface area contributed by atoms with Gasteiger partial charge in [0.1, 0.15) is 0 Å². The Hall–Kier alpha value is -0.980. The lowest BCUT2D eigenvalue weighted by molar-refractivity contribution is 0.0507. The van der Waals surface area contributed by atoms with E-state index in [-0.39, 0.29) is 12.2 Å². The van der Waals surface area contributed by atoms with Crippen molar-refractivity contribution in [3.05, 3.63) is 35.4 Å². The standard InChI is InChI=1S/C22H39NO4/c1-6-26-19(4)13-23-14-22(27-7-2)12-20-8-10-21(11-9-20)17-25-16-18(3)15-24-5/h8-11,18-19,22-23H,6-7,12-17H2,1-5H3/t18?,19-,22+/m1/s1. The molecule has 0 fully saturated rings. The normalized spacial score (nSPS) is 14.9. The summed E-state index contributed by atoms with van der Waals surface area (Å²) in [5.41, 5.74) is 2.48.